The number of rotatable bonds is 5. The minimum atomic E-state index is -2.59. The number of anilines is 1. The van der Waals surface area contributed by atoms with Crippen molar-refractivity contribution in [1.82, 2.24) is 9.55 Å². The van der Waals surface area contributed by atoms with Crippen LogP contribution in [-0.2, 0) is 13.0 Å². The topological polar surface area (TPSA) is 53.6 Å². The molecular formula is C13H12F2N4. The van der Waals surface area contributed by atoms with Crippen LogP contribution in [0.2, 0.25) is 0 Å². The summed E-state index contributed by atoms with van der Waals surface area (Å²) in [6.07, 6.45) is 2.95. The highest BCUT2D eigenvalue weighted by molar-refractivity contribution is 5.45. The number of hydrogen-bond donors (Lipinski definition) is 1. The van der Waals surface area contributed by atoms with Crippen molar-refractivity contribution in [3.05, 3.63) is 48.0 Å². The molecule has 0 aliphatic heterocycles. The van der Waals surface area contributed by atoms with Gasteiger partial charge in [-0.05, 0) is 17.7 Å². The van der Waals surface area contributed by atoms with Crippen LogP contribution in [0.4, 0.5) is 14.5 Å². The fourth-order valence-electron chi connectivity index (χ4n) is 1.67. The van der Waals surface area contributed by atoms with Gasteiger partial charge in [0, 0.05) is 18.1 Å². The maximum Gasteiger partial charge on any atom is 0.319 e. The van der Waals surface area contributed by atoms with Crippen LogP contribution < -0.4 is 5.32 Å². The summed E-state index contributed by atoms with van der Waals surface area (Å²) in [5.74, 6) is 0.274. The lowest BCUT2D eigenvalue weighted by molar-refractivity contribution is 0.0673. The lowest BCUT2D eigenvalue weighted by Crippen LogP contribution is -2.08. The van der Waals surface area contributed by atoms with E-state index in [0.717, 1.165) is 15.8 Å². The Bertz CT molecular complexity index is 569. The summed E-state index contributed by atoms with van der Waals surface area (Å²) < 4.78 is 26.0. The molecule has 0 atom stereocenters. The molecular weight excluding hydrogens is 250 g/mol. The first-order chi connectivity index (χ1) is 9.20. The molecule has 0 radical (unpaired) electrons. The Labute approximate surface area is 109 Å². The second kappa shape index (κ2) is 5.96. The summed E-state index contributed by atoms with van der Waals surface area (Å²) in [7, 11) is 0. The molecule has 4 nitrogen and oxygen atoms in total. The molecule has 0 bridgehead atoms. The fourth-order valence-corrected chi connectivity index (χ4v) is 1.67. The van der Waals surface area contributed by atoms with Crippen LogP contribution in [0.5, 0.6) is 0 Å². The Morgan fingerprint density at radius 3 is 2.68 bits per heavy atom. The smallest absolute Gasteiger partial charge is 0.319 e. The molecule has 19 heavy (non-hydrogen) atoms. The van der Waals surface area contributed by atoms with Gasteiger partial charge in [0.05, 0.1) is 19.0 Å². The highest BCUT2D eigenvalue weighted by Gasteiger charge is 2.10. The zero-order valence-electron chi connectivity index (χ0n) is 10.1. The molecule has 0 unspecified atom stereocenters. The van der Waals surface area contributed by atoms with E-state index in [4.69, 9.17) is 5.26 Å². The molecule has 0 spiro atoms. The van der Waals surface area contributed by atoms with E-state index in [-0.39, 0.29) is 12.4 Å². The third-order valence-electron chi connectivity index (χ3n) is 2.65. The molecule has 2 rings (SSSR count). The summed E-state index contributed by atoms with van der Waals surface area (Å²) >= 11 is 0. The van der Waals surface area contributed by atoms with Crippen LogP contribution in [0.1, 0.15) is 17.9 Å². The third-order valence-corrected chi connectivity index (χ3v) is 2.65. The first kappa shape index (κ1) is 13.0. The summed E-state index contributed by atoms with van der Waals surface area (Å²) in [5, 5.41) is 11.6. The van der Waals surface area contributed by atoms with E-state index >= 15 is 0 Å². The number of aromatic nitrogens is 2. The van der Waals surface area contributed by atoms with Crippen molar-refractivity contribution in [2.24, 2.45) is 0 Å². The SMILES string of the molecule is N#CCc1ccc(NCc2nccn2C(F)F)cc1. The Balaban J connectivity index is 1.98. The van der Waals surface area contributed by atoms with Crippen molar-refractivity contribution >= 4 is 5.69 Å². The Morgan fingerprint density at radius 1 is 1.32 bits per heavy atom. The van der Waals surface area contributed by atoms with Gasteiger partial charge in [0.2, 0.25) is 0 Å². The minimum absolute atomic E-state index is 0.217. The molecule has 0 aliphatic carbocycles. The van der Waals surface area contributed by atoms with Crippen LogP contribution in [0.15, 0.2) is 36.7 Å². The zero-order valence-corrected chi connectivity index (χ0v) is 10.1. The van der Waals surface area contributed by atoms with Crippen LogP contribution in [0.3, 0.4) is 0 Å². The van der Waals surface area contributed by atoms with E-state index in [1.54, 1.807) is 0 Å². The predicted octanol–water partition coefficient (Wildman–Crippen LogP) is 2.96. The van der Waals surface area contributed by atoms with Crippen molar-refractivity contribution in [2.45, 2.75) is 19.5 Å². The number of nitriles is 1. The summed E-state index contributed by atoms with van der Waals surface area (Å²) in [4.78, 5) is 3.88. The average Bonchev–Trinajstić information content (AvgIpc) is 2.87. The van der Waals surface area contributed by atoms with E-state index in [1.807, 2.05) is 24.3 Å². The Hall–Kier alpha value is -2.42. The van der Waals surface area contributed by atoms with Gasteiger partial charge in [0.15, 0.2) is 0 Å². The largest absolute Gasteiger partial charge is 0.378 e. The first-order valence-electron chi connectivity index (χ1n) is 5.70. The molecule has 0 fully saturated rings. The molecule has 0 saturated heterocycles. The molecule has 0 amide bonds. The van der Waals surface area contributed by atoms with Gasteiger partial charge in [-0.1, -0.05) is 12.1 Å². The molecule has 1 aromatic heterocycles. The molecule has 1 aromatic carbocycles. The summed E-state index contributed by atoms with van der Waals surface area (Å²) in [6, 6.07) is 9.33. The Kier molecular flexibility index (Phi) is 4.08. The number of nitrogens with one attached hydrogen (secondary N) is 1. The number of halogens is 2. The van der Waals surface area contributed by atoms with Gasteiger partial charge in [0.25, 0.3) is 0 Å². The van der Waals surface area contributed by atoms with Crippen molar-refractivity contribution in [1.29, 1.82) is 5.26 Å². The van der Waals surface area contributed by atoms with Crippen molar-refractivity contribution in [3.8, 4) is 6.07 Å². The van der Waals surface area contributed by atoms with E-state index in [2.05, 4.69) is 16.4 Å². The van der Waals surface area contributed by atoms with Crippen molar-refractivity contribution < 1.29 is 8.78 Å². The standard InChI is InChI=1S/C13H12F2N4/c14-13(15)19-8-7-17-12(19)9-18-11-3-1-10(2-4-11)5-6-16/h1-4,7-8,13,18H,5,9H2. The number of benzene rings is 1. The van der Waals surface area contributed by atoms with Gasteiger partial charge in [-0.3, -0.25) is 4.57 Å². The zero-order chi connectivity index (χ0) is 13.7. The molecule has 98 valence electrons. The number of hydrogen-bond acceptors (Lipinski definition) is 3. The summed E-state index contributed by atoms with van der Waals surface area (Å²) in [6.45, 7) is -2.37. The van der Waals surface area contributed by atoms with Crippen molar-refractivity contribution in [2.75, 3.05) is 5.32 Å². The number of alkyl halides is 2. The van der Waals surface area contributed by atoms with Gasteiger partial charge in [-0.2, -0.15) is 14.0 Å². The highest BCUT2D eigenvalue weighted by Crippen LogP contribution is 2.15. The summed E-state index contributed by atoms with van der Waals surface area (Å²) in [5.41, 5.74) is 1.72. The average molecular weight is 262 g/mol. The van der Waals surface area contributed by atoms with Crippen molar-refractivity contribution in [3.63, 3.8) is 0 Å². The highest BCUT2D eigenvalue weighted by atomic mass is 19.3. The van der Waals surface area contributed by atoms with Crippen LogP contribution in [0, 0.1) is 11.3 Å². The minimum Gasteiger partial charge on any atom is -0.378 e. The van der Waals surface area contributed by atoms with Gasteiger partial charge >= 0.3 is 6.55 Å². The van der Waals surface area contributed by atoms with E-state index in [0.29, 0.717) is 6.42 Å². The second-order valence-corrected chi connectivity index (χ2v) is 3.91. The molecule has 1 heterocycles. The quantitative estimate of drug-likeness (QED) is 0.901. The maximum absolute atomic E-state index is 12.6. The first-order valence-corrected chi connectivity index (χ1v) is 5.70. The molecule has 0 saturated carbocycles. The van der Waals surface area contributed by atoms with Gasteiger partial charge in [0.1, 0.15) is 5.82 Å². The van der Waals surface area contributed by atoms with Gasteiger partial charge < -0.3 is 5.32 Å². The third kappa shape index (κ3) is 3.28. The predicted molar refractivity (Wildman–Crippen MR) is 66.6 cm³/mol. The molecule has 2 aromatic rings. The Morgan fingerprint density at radius 2 is 2.05 bits per heavy atom. The van der Waals surface area contributed by atoms with Crippen LogP contribution >= 0.6 is 0 Å². The second-order valence-electron chi connectivity index (χ2n) is 3.91. The monoisotopic (exact) mass is 262 g/mol. The molecule has 0 aliphatic rings. The van der Waals surface area contributed by atoms with Gasteiger partial charge in [-0.25, -0.2) is 4.98 Å². The maximum atomic E-state index is 12.6. The number of imidazole rings is 1. The molecule has 6 heteroatoms. The fraction of sp³-hybridized carbons (Fsp3) is 0.231. The number of nitrogens with zero attached hydrogens (tertiary/aromatic N) is 3. The van der Waals surface area contributed by atoms with Gasteiger partial charge in [-0.15, -0.1) is 0 Å². The molecule has 1 N–H and O–H groups in total. The van der Waals surface area contributed by atoms with E-state index in [9.17, 15) is 8.78 Å². The normalized spacial score (nSPS) is 10.4. The van der Waals surface area contributed by atoms with E-state index < -0.39 is 6.55 Å². The van der Waals surface area contributed by atoms with E-state index in [1.165, 1.54) is 12.4 Å². The van der Waals surface area contributed by atoms with Crippen LogP contribution in [0.25, 0.3) is 0 Å². The lowest BCUT2D eigenvalue weighted by atomic mass is 10.1. The lowest BCUT2D eigenvalue weighted by Gasteiger charge is -2.09. The van der Waals surface area contributed by atoms with Crippen LogP contribution in [-0.4, -0.2) is 9.55 Å².